The zero-order valence-electron chi connectivity index (χ0n) is 14.1. The van der Waals surface area contributed by atoms with Crippen LogP contribution in [0.2, 0.25) is 0 Å². The summed E-state index contributed by atoms with van der Waals surface area (Å²) in [6.45, 7) is 3.76. The number of thiazole rings is 1. The van der Waals surface area contributed by atoms with Crippen molar-refractivity contribution in [3.8, 4) is 10.6 Å². The molecule has 0 N–H and O–H groups in total. The van der Waals surface area contributed by atoms with Gasteiger partial charge in [-0.25, -0.2) is 14.4 Å². The molecule has 1 aliphatic carbocycles. The zero-order valence-corrected chi connectivity index (χ0v) is 14.9. The Morgan fingerprint density at radius 1 is 0.962 bits per heavy atom. The summed E-state index contributed by atoms with van der Waals surface area (Å²) in [5.74, 6) is -0.292. The molecule has 0 amide bonds. The summed E-state index contributed by atoms with van der Waals surface area (Å²) < 4.78 is 14.3. The predicted octanol–water partition coefficient (Wildman–Crippen LogP) is 5.76. The van der Waals surface area contributed by atoms with Gasteiger partial charge in [-0.15, -0.1) is 0 Å². The van der Waals surface area contributed by atoms with Crippen molar-refractivity contribution >= 4 is 21.7 Å². The van der Waals surface area contributed by atoms with E-state index in [9.17, 15) is 4.39 Å². The fourth-order valence-electron chi connectivity index (χ4n) is 3.51. The number of hydrogen-bond acceptors (Lipinski definition) is 3. The van der Waals surface area contributed by atoms with Crippen molar-refractivity contribution in [1.29, 1.82) is 0 Å². The molecular weight excluding hydrogens is 343 g/mol. The number of halogens is 1. The van der Waals surface area contributed by atoms with Crippen molar-refractivity contribution in [1.82, 2.24) is 9.97 Å². The van der Waals surface area contributed by atoms with Crippen LogP contribution >= 0.6 is 11.3 Å². The Labute approximate surface area is 155 Å². The number of fused-ring (bicyclic) bond motifs is 1. The van der Waals surface area contributed by atoms with E-state index in [2.05, 4.69) is 42.2 Å². The van der Waals surface area contributed by atoms with Gasteiger partial charge in [0.1, 0.15) is 21.2 Å². The van der Waals surface area contributed by atoms with Gasteiger partial charge in [0.2, 0.25) is 0 Å². The molecule has 0 atom stereocenters. The topological polar surface area (TPSA) is 25.8 Å². The number of pyridine rings is 1. The molecule has 0 aliphatic heterocycles. The zero-order chi connectivity index (χ0) is 17.7. The van der Waals surface area contributed by atoms with E-state index >= 15 is 0 Å². The SMILES string of the molecule is [CH2]c1ccc(-c2nc3ccc(C4(c5ccccc5)CC4)nc3s2)c(F)c1. The Hall–Kier alpha value is -2.59. The first-order chi connectivity index (χ1) is 12.7. The minimum atomic E-state index is -0.292. The lowest BCUT2D eigenvalue weighted by Gasteiger charge is -2.14. The Bertz CT molecular complexity index is 1110. The van der Waals surface area contributed by atoms with Gasteiger partial charge >= 0.3 is 0 Å². The Morgan fingerprint density at radius 2 is 1.77 bits per heavy atom. The van der Waals surface area contributed by atoms with Crippen molar-refractivity contribution in [2.45, 2.75) is 18.3 Å². The third kappa shape index (κ3) is 2.44. The quantitative estimate of drug-likeness (QED) is 0.465. The maximum Gasteiger partial charge on any atom is 0.144 e. The molecule has 0 bridgehead atoms. The Balaban J connectivity index is 1.59. The average Bonchev–Trinajstić information content (AvgIpc) is 3.36. The maximum atomic E-state index is 14.3. The molecule has 2 aromatic carbocycles. The van der Waals surface area contributed by atoms with Crippen LogP contribution in [0.25, 0.3) is 20.9 Å². The van der Waals surface area contributed by atoms with Gasteiger partial charge in [-0.2, -0.15) is 0 Å². The molecule has 1 fully saturated rings. The number of aromatic nitrogens is 2. The molecule has 4 heteroatoms. The van der Waals surface area contributed by atoms with Crippen LogP contribution in [0.3, 0.4) is 0 Å². The number of nitrogens with zero attached hydrogens (tertiary/aromatic N) is 2. The highest BCUT2D eigenvalue weighted by molar-refractivity contribution is 7.21. The van der Waals surface area contributed by atoms with E-state index in [-0.39, 0.29) is 11.2 Å². The highest BCUT2D eigenvalue weighted by Gasteiger charge is 2.47. The van der Waals surface area contributed by atoms with Crippen LogP contribution in [-0.2, 0) is 5.41 Å². The largest absolute Gasteiger partial charge is 0.239 e. The molecule has 127 valence electrons. The lowest BCUT2D eigenvalue weighted by atomic mass is 9.92. The molecule has 1 aliphatic rings. The molecule has 2 nitrogen and oxygen atoms in total. The molecule has 0 saturated heterocycles. The van der Waals surface area contributed by atoms with Crippen molar-refractivity contribution in [3.05, 3.63) is 90.2 Å². The minimum absolute atomic E-state index is 0.0282. The van der Waals surface area contributed by atoms with E-state index < -0.39 is 0 Å². The van der Waals surface area contributed by atoms with Gasteiger partial charge in [0, 0.05) is 11.0 Å². The fraction of sp³-hybridized carbons (Fsp3) is 0.136. The van der Waals surface area contributed by atoms with Crippen molar-refractivity contribution in [2.75, 3.05) is 0 Å². The molecule has 1 radical (unpaired) electrons. The normalized spacial score (nSPS) is 15.3. The smallest absolute Gasteiger partial charge is 0.144 e. The second-order valence-corrected chi connectivity index (χ2v) is 7.78. The van der Waals surface area contributed by atoms with E-state index in [0.29, 0.717) is 16.1 Å². The first-order valence-electron chi connectivity index (χ1n) is 8.61. The summed E-state index contributed by atoms with van der Waals surface area (Å²) >= 11 is 1.44. The van der Waals surface area contributed by atoms with Gasteiger partial charge in [0.05, 0.1) is 5.69 Å². The summed E-state index contributed by atoms with van der Waals surface area (Å²) in [5.41, 5.74) is 4.40. The van der Waals surface area contributed by atoms with Crippen LogP contribution in [0.5, 0.6) is 0 Å². The van der Waals surface area contributed by atoms with Crippen LogP contribution in [0.4, 0.5) is 4.39 Å². The molecule has 26 heavy (non-hydrogen) atoms. The van der Waals surface area contributed by atoms with Crippen molar-refractivity contribution in [2.24, 2.45) is 0 Å². The van der Waals surface area contributed by atoms with Gasteiger partial charge in [0.15, 0.2) is 0 Å². The molecule has 0 unspecified atom stereocenters. The Kier molecular flexibility index (Phi) is 3.44. The van der Waals surface area contributed by atoms with E-state index in [1.165, 1.54) is 23.0 Å². The van der Waals surface area contributed by atoms with Gasteiger partial charge in [-0.3, -0.25) is 0 Å². The molecule has 0 spiro atoms. The Morgan fingerprint density at radius 3 is 2.50 bits per heavy atom. The number of hydrogen-bond donors (Lipinski definition) is 0. The number of rotatable bonds is 3. The summed E-state index contributed by atoms with van der Waals surface area (Å²) in [6.07, 6.45) is 2.22. The molecular formula is C22H16FN2S. The second kappa shape index (κ2) is 5.71. The highest BCUT2D eigenvalue weighted by Crippen LogP contribution is 2.53. The van der Waals surface area contributed by atoms with Crippen molar-refractivity contribution in [3.63, 3.8) is 0 Å². The predicted molar refractivity (Wildman–Crippen MR) is 104 cm³/mol. The second-order valence-electron chi connectivity index (χ2n) is 6.80. The lowest BCUT2D eigenvalue weighted by Crippen LogP contribution is -2.10. The summed E-state index contributed by atoms with van der Waals surface area (Å²) in [7, 11) is 0. The first kappa shape index (κ1) is 15.6. The van der Waals surface area contributed by atoms with E-state index in [1.807, 2.05) is 12.1 Å². The summed E-state index contributed by atoms with van der Waals surface area (Å²) in [5, 5.41) is 0.659. The lowest BCUT2D eigenvalue weighted by molar-refractivity contribution is 0.630. The van der Waals surface area contributed by atoms with E-state index in [1.54, 1.807) is 12.1 Å². The van der Waals surface area contributed by atoms with Crippen LogP contribution in [0, 0.1) is 12.7 Å². The monoisotopic (exact) mass is 359 g/mol. The average molecular weight is 359 g/mol. The first-order valence-corrected chi connectivity index (χ1v) is 9.43. The van der Waals surface area contributed by atoms with Gasteiger partial charge in [-0.1, -0.05) is 47.7 Å². The van der Waals surface area contributed by atoms with Crippen molar-refractivity contribution < 1.29 is 4.39 Å². The van der Waals surface area contributed by atoms with Crippen LogP contribution in [0.15, 0.2) is 60.7 Å². The third-order valence-electron chi connectivity index (χ3n) is 5.09. The van der Waals surface area contributed by atoms with Crippen LogP contribution < -0.4 is 0 Å². The molecule has 5 rings (SSSR count). The molecule has 1 saturated carbocycles. The van der Waals surface area contributed by atoms with Gasteiger partial charge in [-0.05, 0) is 55.2 Å². The standard InChI is InChI=1S/C22H16FN2S/c1-14-7-8-16(17(23)13-14)20-24-18-9-10-19(25-21(18)26-20)22(11-12-22)15-5-3-2-4-6-15/h2-10,13H,1,11-12H2. The number of benzene rings is 2. The van der Waals surface area contributed by atoms with E-state index in [0.717, 1.165) is 28.9 Å². The van der Waals surface area contributed by atoms with Gasteiger partial charge < -0.3 is 0 Å². The molecule has 2 aromatic heterocycles. The summed E-state index contributed by atoms with van der Waals surface area (Å²) in [4.78, 5) is 10.3. The molecule has 2 heterocycles. The maximum absolute atomic E-state index is 14.3. The minimum Gasteiger partial charge on any atom is -0.239 e. The van der Waals surface area contributed by atoms with Crippen LogP contribution in [-0.4, -0.2) is 9.97 Å². The van der Waals surface area contributed by atoms with E-state index in [4.69, 9.17) is 4.98 Å². The van der Waals surface area contributed by atoms with Gasteiger partial charge in [0.25, 0.3) is 0 Å². The highest BCUT2D eigenvalue weighted by atomic mass is 32.1. The fourth-order valence-corrected chi connectivity index (χ4v) is 4.47. The molecule has 4 aromatic rings. The van der Waals surface area contributed by atoms with Crippen LogP contribution in [0.1, 0.15) is 29.7 Å². The third-order valence-corrected chi connectivity index (χ3v) is 6.08. The summed E-state index contributed by atoms with van der Waals surface area (Å²) in [6, 6.07) is 19.6.